The van der Waals surface area contributed by atoms with E-state index in [1.807, 2.05) is 25.1 Å². The molecule has 0 aliphatic carbocycles. The Bertz CT molecular complexity index is 659. The highest BCUT2D eigenvalue weighted by molar-refractivity contribution is 9.10. The van der Waals surface area contributed by atoms with E-state index in [0.29, 0.717) is 11.3 Å². The van der Waals surface area contributed by atoms with Gasteiger partial charge in [-0.25, -0.2) is 4.98 Å². The number of hydrogen-bond acceptors (Lipinski definition) is 3. The van der Waals surface area contributed by atoms with Crippen LogP contribution in [0.2, 0.25) is 0 Å². The molecule has 0 aliphatic rings. The number of amides is 1. The number of nitriles is 1. The Hall–Kier alpha value is -2.19. The van der Waals surface area contributed by atoms with Crippen molar-refractivity contribution in [3.8, 4) is 6.07 Å². The maximum absolute atomic E-state index is 12.0. The molecule has 0 unspecified atom stereocenters. The van der Waals surface area contributed by atoms with Crippen LogP contribution >= 0.6 is 15.9 Å². The first kappa shape index (κ1) is 13.2. The summed E-state index contributed by atoms with van der Waals surface area (Å²) in [6.45, 7) is 1.94. The highest BCUT2D eigenvalue weighted by atomic mass is 79.9. The average Bonchev–Trinajstić information content (AvgIpc) is 2.44. The molecule has 0 radical (unpaired) electrons. The summed E-state index contributed by atoms with van der Waals surface area (Å²) in [6, 6.07) is 10.7. The van der Waals surface area contributed by atoms with Crippen molar-refractivity contribution in [1.29, 1.82) is 5.26 Å². The number of nitrogens with one attached hydrogen (secondary N) is 1. The zero-order valence-corrected chi connectivity index (χ0v) is 11.7. The second kappa shape index (κ2) is 5.63. The Morgan fingerprint density at radius 1 is 1.37 bits per heavy atom. The van der Waals surface area contributed by atoms with E-state index in [9.17, 15) is 4.79 Å². The van der Waals surface area contributed by atoms with Crippen LogP contribution in [0.1, 0.15) is 21.6 Å². The first-order valence-corrected chi connectivity index (χ1v) is 6.33. The van der Waals surface area contributed by atoms with Crippen LogP contribution in [0.3, 0.4) is 0 Å². The summed E-state index contributed by atoms with van der Waals surface area (Å²) in [7, 11) is 0. The number of aromatic nitrogens is 1. The summed E-state index contributed by atoms with van der Waals surface area (Å²) in [5.41, 5.74) is 2.42. The molecular weight excluding hydrogens is 306 g/mol. The SMILES string of the molecule is Cc1cccc(NC(=O)c2ccc(C#N)cn2)c1Br. The second-order valence-electron chi connectivity index (χ2n) is 3.93. The number of benzene rings is 1. The van der Waals surface area contributed by atoms with Crippen molar-refractivity contribution in [2.24, 2.45) is 0 Å². The Morgan fingerprint density at radius 3 is 2.79 bits per heavy atom. The van der Waals surface area contributed by atoms with Crippen LogP contribution in [-0.4, -0.2) is 10.9 Å². The number of pyridine rings is 1. The molecule has 1 heterocycles. The number of carbonyl (C=O) groups excluding carboxylic acids is 1. The maximum atomic E-state index is 12.0. The fraction of sp³-hybridized carbons (Fsp3) is 0.0714. The molecule has 5 heteroatoms. The molecule has 0 spiro atoms. The van der Waals surface area contributed by atoms with Gasteiger partial charge in [0.05, 0.1) is 11.3 Å². The van der Waals surface area contributed by atoms with Crippen LogP contribution in [-0.2, 0) is 0 Å². The Kier molecular flexibility index (Phi) is 3.93. The van der Waals surface area contributed by atoms with Gasteiger partial charge in [0.2, 0.25) is 0 Å². The summed E-state index contributed by atoms with van der Waals surface area (Å²) in [6.07, 6.45) is 1.38. The second-order valence-corrected chi connectivity index (χ2v) is 4.73. The number of nitrogens with zero attached hydrogens (tertiary/aromatic N) is 2. The highest BCUT2D eigenvalue weighted by Crippen LogP contribution is 2.25. The Balaban J connectivity index is 2.21. The van der Waals surface area contributed by atoms with Gasteiger partial charge >= 0.3 is 0 Å². The molecule has 2 rings (SSSR count). The normalized spacial score (nSPS) is 9.74. The third kappa shape index (κ3) is 2.98. The van der Waals surface area contributed by atoms with E-state index >= 15 is 0 Å². The van der Waals surface area contributed by atoms with Gasteiger partial charge in [0.1, 0.15) is 11.8 Å². The lowest BCUT2D eigenvalue weighted by molar-refractivity contribution is 0.102. The zero-order valence-electron chi connectivity index (χ0n) is 10.1. The number of hydrogen-bond donors (Lipinski definition) is 1. The van der Waals surface area contributed by atoms with Crippen LogP contribution in [0.4, 0.5) is 5.69 Å². The van der Waals surface area contributed by atoms with E-state index in [2.05, 4.69) is 26.2 Å². The summed E-state index contributed by atoms with van der Waals surface area (Å²) in [5, 5.41) is 11.4. The minimum absolute atomic E-state index is 0.271. The van der Waals surface area contributed by atoms with E-state index in [0.717, 1.165) is 10.0 Å². The number of halogens is 1. The van der Waals surface area contributed by atoms with Gasteiger partial charge in [-0.15, -0.1) is 0 Å². The molecule has 0 aliphatic heterocycles. The predicted molar refractivity (Wildman–Crippen MR) is 75.8 cm³/mol. The van der Waals surface area contributed by atoms with Gasteiger partial charge in [0.15, 0.2) is 0 Å². The number of anilines is 1. The lowest BCUT2D eigenvalue weighted by Crippen LogP contribution is -2.14. The lowest BCUT2D eigenvalue weighted by atomic mass is 10.2. The topological polar surface area (TPSA) is 65.8 Å². The third-order valence-corrected chi connectivity index (χ3v) is 3.62. The largest absolute Gasteiger partial charge is 0.320 e. The van der Waals surface area contributed by atoms with E-state index in [4.69, 9.17) is 5.26 Å². The van der Waals surface area contributed by atoms with Crippen molar-refractivity contribution in [2.75, 3.05) is 5.32 Å². The highest BCUT2D eigenvalue weighted by Gasteiger charge is 2.10. The van der Waals surface area contributed by atoms with Crippen molar-refractivity contribution in [3.05, 3.63) is 57.8 Å². The molecule has 4 nitrogen and oxygen atoms in total. The lowest BCUT2D eigenvalue weighted by Gasteiger charge is -2.08. The molecule has 1 amide bonds. The molecule has 1 aromatic carbocycles. The standard InChI is InChI=1S/C14H10BrN3O/c1-9-3-2-4-11(13(9)15)18-14(19)12-6-5-10(7-16)8-17-12/h2-6,8H,1H3,(H,18,19). The van der Waals surface area contributed by atoms with Gasteiger partial charge in [-0.3, -0.25) is 4.79 Å². The van der Waals surface area contributed by atoms with Crippen LogP contribution in [0.25, 0.3) is 0 Å². The van der Waals surface area contributed by atoms with Gasteiger partial charge in [0, 0.05) is 10.7 Å². The minimum atomic E-state index is -0.309. The van der Waals surface area contributed by atoms with Crippen molar-refractivity contribution in [1.82, 2.24) is 4.98 Å². The molecule has 0 fully saturated rings. The monoisotopic (exact) mass is 315 g/mol. The molecule has 19 heavy (non-hydrogen) atoms. The fourth-order valence-corrected chi connectivity index (χ4v) is 1.89. The van der Waals surface area contributed by atoms with Crippen LogP contribution in [0.15, 0.2) is 41.0 Å². The number of carbonyl (C=O) groups is 1. The minimum Gasteiger partial charge on any atom is -0.320 e. The van der Waals surface area contributed by atoms with Crippen molar-refractivity contribution in [2.45, 2.75) is 6.92 Å². The van der Waals surface area contributed by atoms with E-state index in [1.165, 1.54) is 12.3 Å². The Morgan fingerprint density at radius 2 is 2.16 bits per heavy atom. The fourth-order valence-electron chi connectivity index (χ4n) is 1.52. The van der Waals surface area contributed by atoms with E-state index < -0.39 is 0 Å². The summed E-state index contributed by atoms with van der Waals surface area (Å²) in [4.78, 5) is 15.9. The van der Waals surface area contributed by atoms with Crippen LogP contribution in [0.5, 0.6) is 0 Å². The van der Waals surface area contributed by atoms with Crippen molar-refractivity contribution < 1.29 is 4.79 Å². The van der Waals surface area contributed by atoms with Gasteiger partial charge < -0.3 is 5.32 Å². The molecule has 94 valence electrons. The summed E-state index contributed by atoms with van der Waals surface area (Å²) < 4.78 is 0.844. The Labute approximate surface area is 119 Å². The van der Waals surface area contributed by atoms with Crippen molar-refractivity contribution in [3.63, 3.8) is 0 Å². The predicted octanol–water partition coefficient (Wildman–Crippen LogP) is 3.28. The smallest absolute Gasteiger partial charge is 0.274 e. The molecule has 2 aromatic rings. The zero-order chi connectivity index (χ0) is 13.8. The molecule has 1 N–H and O–H groups in total. The molecule has 0 atom stereocenters. The maximum Gasteiger partial charge on any atom is 0.274 e. The molecule has 1 aromatic heterocycles. The quantitative estimate of drug-likeness (QED) is 0.924. The van der Waals surface area contributed by atoms with Gasteiger partial charge in [-0.1, -0.05) is 12.1 Å². The van der Waals surface area contributed by atoms with Gasteiger partial charge in [0.25, 0.3) is 5.91 Å². The first-order chi connectivity index (χ1) is 9.11. The number of aryl methyl sites for hydroxylation is 1. The van der Waals surface area contributed by atoms with Crippen LogP contribution in [0, 0.1) is 18.3 Å². The number of rotatable bonds is 2. The molecule has 0 saturated carbocycles. The van der Waals surface area contributed by atoms with E-state index in [1.54, 1.807) is 12.1 Å². The van der Waals surface area contributed by atoms with Crippen LogP contribution < -0.4 is 5.32 Å². The average molecular weight is 316 g/mol. The molecule has 0 saturated heterocycles. The van der Waals surface area contributed by atoms with Gasteiger partial charge in [-0.05, 0) is 46.6 Å². The summed E-state index contributed by atoms with van der Waals surface area (Å²) >= 11 is 3.43. The van der Waals surface area contributed by atoms with Gasteiger partial charge in [-0.2, -0.15) is 5.26 Å². The molecular formula is C14H10BrN3O. The van der Waals surface area contributed by atoms with E-state index in [-0.39, 0.29) is 11.6 Å². The third-order valence-electron chi connectivity index (χ3n) is 2.57. The summed E-state index contributed by atoms with van der Waals surface area (Å²) in [5.74, 6) is -0.309. The van der Waals surface area contributed by atoms with Crippen molar-refractivity contribution >= 4 is 27.5 Å². The first-order valence-electron chi connectivity index (χ1n) is 5.54. The molecule has 0 bridgehead atoms.